The van der Waals surface area contributed by atoms with Crippen molar-refractivity contribution < 1.29 is 4.74 Å². The van der Waals surface area contributed by atoms with Gasteiger partial charge in [-0.2, -0.15) is 5.21 Å². The quantitative estimate of drug-likeness (QED) is 0.789. The van der Waals surface area contributed by atoms with E-state index in [4.69, 9.17) is 4.74 Å². The minimum Gasteiger partial charge on any atom is -0.368 e. The van der Waals surface area contributed by atoms with Crippen molar-refractivity contribution in [2.45, 2.75) is 57.9 Å². The molecule has 1 aromatic heterocycles. The molecule has 1 aliphatic heterocycles. The molecule has 1 aromatic rings. The van der Waals surface area contributed by atoms with Gasteiger partial charge in [0.2, 0.25) is 0 Å². The fourth-order valence-corrected chi connectivity index (χ4v) is 2.35. The lowest BCUT2D eigenvalue weighted by Gasteiger charge is -2.27. The minimum absolute atomic E-state index is 0.0710. The second-order valence-corrected chi connectivity index (χ2v) is 5.43. The van der Waals surface area contributed by atoms with Crippen LogP contribution in [0.15, 0.2) is 0 Å². The highest BCUT2D eigenvalue weighted by Gasteiger charge is 2.45. The number of tetrazole rings is 1. The van der Waals surface area contributed by atoms with E-state index in [0.717, 1.165) is 6.42 Å². The molecule has 0 aromatic carbocycles. The third-order valence-corrected chi connectivity index (χ3v) is 2.97. The van der Waals surface area contributed by atoms with Crippen molar-refractivity contribution in [3.05, 3.63) is 5.82 Å². The zero-order chi connectivity index (χ0) is 11.8. The number of rotatable bonds is 3. The van der Waals surface area contributed by atoms with Crippen LogP contribution in [0.25, 0.3) is 0 Å². The summed E-state index contributed by atoms with van der Waals surface area (Å²) in [5, 5.41) is 17.2. The molecule has 0 spiro atoms. The molecule has 0 saturated carbocycles. The molecule has 0 amide bonds. The lowest BCUT2D eigenvalue weighted by Crippen LogP contribution is -2.43. The summed E-state index contributed by atoms with van der Waals surface area (Å²) in [5.74, 6) is 0.681. The molecule has 6 heteroatoms. The van der Waals surface area contributed by atoms with Crippen molar-refractivity contribution in [1.29, 1.82) is 0 Å². The van der Waals surface area contributed by atoms with Gasteiger partial charge in [0, 0.05) is 6.04 Å². The second-order valence-electron chi connectivity index (χ2n) is 5.43. The van der Waals surface area contributed by atoms with Crippen molar-refractivity contribution in [3.63, 3.8) is 0 Å². The van der Waals surface area contributed by atoms with Crippen LogP contribution in [0.1, 0.15) is 39.9 Å². The topological polar surface area (TPSA) is 75.7 Å². The second kappa shape index (κ2) is 3.78. The van der Waals surface area contributed by atoms with Crippen LogP contribution in [-0.2, 0) is 11.3 Å². The zero-order valence-corrected chi connectivity index (χ0v) is 10.2. The molecule has 0 aliphatic carbocycles. The van der Waals surface area contributed by atoms with Crippen molar-refractivity contribution in [2.24, 2.45) is 0 Å². The molecule has 0 bridgehead atoms. The first-order valence-electron chi connectivity index (χ1n) is 5.55. The molecule has 2 rings (SSSR count). The summed E-state index contributed by atoms with van der Waals surface area (Å²) < 4.78 is 5.99. The van der Waals surface area contributed by atoms with Gasteiger partial charge in [0.1, 0.15) is 0 Å². The van der Waals surface area contributed by atoms with E-state index in [2.05, 4.69) is 53.6 Å². The Labute approximate surface area is 95.1 Å². The predicted octanol–water partition coefficient (Wildman–Crippen LogP) is 0.635. The number of nitrogens with one attached hydrogen (secondary N) is 2. The van der Waals surface area contributed by atoms with Crippen LogP contribution in [0.2, 0.25) is 0 Å². The van der Waals surface area contributed by atoms with Crippen LogP contribution < -0.4 is 5.32 Å². The van der Waals surface area contributed by atoms with E-state index in [1.54, 1.807) is 0 Å². The first-order chi connectivity index (χ1) is 7.39. The maximum Gasteiger partial charge on any atom is 0.188 e. The van der Waals surface area contributed by atoms with E-state index in [-0.39, 0.29) is 11.2 Å². The standard InChI is InChI=1S/C10H19N5O/c1-9(2)5-7(10(3,4)16-9)11-6-8-12-14-15-13-8/h7,11H,5-6H2,1-4H3,(H,12,13,14,15). The van der Waals surface area contributed by atoms with Gasteiger partial charge in [-0.1, -0.05) is 5.21 Å². The van der Waals surface area contributed by atoms with E-state index in [1.807, 2.05) is 0 Å². The van der Waals surface area contributed by atoms with E-state index >= 15 is 0 Å². The normalized spacial score (nSPS) is 27.1. The summed E-state index contributed by atoms with van der Waals surface area (Å²) in [6, 6.07) is 0.306. The maximum absolute atomic E-state index is 5.99. The highest BCUT2D eigenvalue weighted by atomic mass is 16.5. The fraction of sp³-hybridized carbons (Fsp3) is 0.900. The Bertz CT molecular complexity index is 346. The Balaban J connectivity index is 1.95. The largest absolute Gasteiger partial charge is 0.368 e. The Morgan fingerprint density at radius 1 is 1.44 bits per heavy atom. The molecule has 2 heterocycles. The Morgan fingerprint density at radius 2 is 2.19 bits per heavy atom. The van der Waals surface area contributed by atoms with Gasteiger partial charge in [0.15, 0.2) is 5.82 Å². The third-order valence-electron chi connectivity index (χ3n) is 2.97. The smallest absolute Gasteiger partial charge is 0.188 e. The molecular formula is C10H19N5O. The number of ether oxygens (including phenoxy) is 1. The number of aromatic amines is 1. The van der Waals surface area contributed by atoms with Crippen molar-refractivity contribution >= 4 is 0 Å². The van der Waals surface area contributed by atoms with Crippen LogP contribution >= 0.6 is 0 Å². The molecule has 1 saturated heterocycles. The number of hydrogen-bond acceptors (Lipinski definition) is 5. The molecule has 90 valence electrons. The molecule has 1 unspecified atom stereocenters. The predicted molar refractivity (Wildman–Crippen MR) is 58.7 cm³/mol. The summed E-state index contributed by atoms with van der Waals surface area (Å²) >= 11 is 0. The summed E-state index contributed by atoms with van der Waals surface area (Å²) in [6.07, 6.45) is 0.984. The molecule has 1 fully saturated rings. The SMILES string of the molecule is CC1(C)CC(NCc2nn[nH]n2)C(C)(C)O1. The summed E-state index contributed by atoms with van der Waals surface area (Å²) in [6.45, 7) is 9.06. The molecule has 16 heavy (non-hydrogen) atoms. The average Bonchev–Trinajstić information content (AvgIpc) is 2.67. The molecular weight excluding hydrogens is 206 g/mol. The third kappa shape index (κ3) is 2.38. The molecule has 6 nitrogen and oxygen atoms in total. The maximum atomic E-state index is 5.99. The minimum atomic E-state index is -0.159. The monoisotopic (exact) mass is 225 g/mol. The lowest BCUT2D eigenvalue weighted by atomic mass is 9.94. The summed E-state index contributed by atoms with van der Waals surface area (Å²) in [4.78, 5) is 0. The fourth-order valence-electron chi connectivity index (χ4n) is 2.35. The highest BCUT2D eigenvalue weighted by Crippen LogP contribution is 2.37. The Morgan fingerprint density at radius 3 is 2.69 bits per heavy atom. The van der Waals surface area contributed by atoms with E-state index in [9.17, 15) is 0 Å². The van der Waals surface area contributed by atoms with Gasteiger partial charge >= 0.3 is 0 Å². The first kappa shape index (κ1) is 11.5. The van der Waals surface area contributed by atoms with Crippen LogP contribution in [-0.4, -0.2) is 37.9 Å². The summed E-state index contributed by atoms with van der Waals surface area (Å²) in [7, 11) is 0. The number of aromatic nitrogens is 4. The van der Waals surface area contributed by atoms with Crippen molar-refractivity contribution in [1.82, 2.24) is 25.9 Å². The van der Waals surface area contributed by atoms with Gasteiger partial charge < -0.3 is 10.1 Å². The van der Waals surface area contributed by atoms with Crippen LogP contribution in [0.5, 0.6) is 0 Å². The molecule has 2 N–H and O–H groups in total. The molecule has 1 aliphatic rings. The molecule has 0 radical (unpaired) electrons. The van der Waals surface area contributed by atoms with E-state index < -0.39 is 0 Å². The van der Waals surface area contributed by atoms with Crippen LogP contribution in [0, 0.1) is 0 Å². The zero-order valence-electron chi connectivity index (χ0n) is 10.2. The van der Waals surface area contributed by atoms with Crippen LogP contribution in [0.3, 0.4) is 0 Å². The number of nitrogens with zero attached hydrogens (tertiary/aromatic N) is 3. The average molecular weight is 225 g/mol. The van der Waals surface area contributed by atoms with Gasteiger partial charge in [-0.05, 0) is 34.1 Å². The Hall–Kier alpha value is -1.01. The first-order valence-corrected chi connectivity index (χ1v) is 5.55. The van der Waals surface area contributed by atoms with Crippen molar-refractivity contribution in [2.75, 3.05) is 0 Å². The van der Waals surface area contributed by atoms with Crippen molar-refractivity contribution in [3.8, 4) is 0 Å². The highest BCUT2D eigenvalue weighted by molar-refractivity contribution is 4.99. The van der Waals surface area contributed by atoms with Gasteiger partial charge in [-0.3, -0.25) is 0 Å². The van der Waals surface area contributed by atoms with Gasteiger partial charge in [-0.25, -0.2) is 0 Å². The lowest BCUT2D eigenvalue weighted by molar-refractivity contribution is -0.0699. The Kier molecular flexibility index (Phi) is 2.71. The van der Waals surface area contributed by atoms with Crippen LogP contribution in [0.4, 0.5) is 0 Å². The molecule has 1 atom stereocenters. The van der Waals surface area contributed by atoms with E-state index in [1.165, 1.54) is 0 Å². The number of hydrogen-bond donors (Lipinski definition) is 2. The number of H-pyrrole nitrogens is 1. The van der Waals surface area contributed by atoms with E-state index in [0.29, 0.717) is 18.4 Å². The summed E-state index contributed by atoms with van der Waals surface area (Å²) in [5.41, 5.74) is -0.231. The van der Waals surface area contributed by atoms with Gasteiger partial charge in [0.05, 0.1) is 17.7 Å². The van der Waals surface area contributed by atoms with Gasteiger partial charge in [-0.15, -0.1) is 10.2 Å². The van der Waals surface area contributed by atoms with Gasteiger partial charge in [0.25, 0.3) is 0 Å².